The summed E-state index contributed by atoms with van der Waals surface area (Å²) in [5.41, 5.74) is 0.824. The summed E-state index contributed by atoms with van der Waals surface area (Å²) in [7, 11) is 2.26. The normalized spacial score (nSPS) is 31.4. The SMILES string of the molecule is CN1CCCC2(CCC2)CC1. The van der Waals surface area contributed by atoms with Crippen molar-refractivity contribution in [3.63, 3.8) is 0 Å². The van der Waals surface area contributed by atoms with Gasteiger partial charge in [0.2, 0.25) is 0 Å². The highest BCUT2D eigenvalue weighted by atomic mass is 15.1. The van der Waals surface area contributed by atoms with Crippen molar-refractivity contribution in [1.82, 2.24) is 4.90 Å². The summed E-state index contributed by atoms with van der Waals surface area (Å²) in [6.45, 7) is 2.68. The Kier molecular flexibility index (Phi) is 1.92. The molecule has 0 aromatic heterocycles. The van der Waals surface area contributed by atoms with E-state index in [1.807, 2.05) is 0 Å². The first-order valence-corrected chi connectivity index (χ1v) is 4.99. The maximum Gasteiger partial charge on any atom is -0.00165 e. The molecule has 2 fully saturated rings. The largest absolute Gasteiger partial charge is 0.306 e. The second-order valence-electron chi connectivity index (χ2n) is 4.51. The predicted octanol–water partition coefficient (Wildman–Crippen LogP) is 2.27. The molecule has 0 radical (unpaired) electrons. The third-order valence-electron chi connectivity index (χ3n) is 3.69. The zero-order valence-corrected chi connectivity index (χ0v) is 7.60. The zero-order chi connectivity index (χ0) is 7.73. The fourth-order valence-corrected chi connectivity index (χ4v) is 2.57. The lowest BCUT2D eigenvalue weighted by atomic mass is 9.64. The Labute approximate surface area is 69.8 Å². The Morgan fingerprint density at radius 3 is 2.27 bits per heavy atom. The molecule has 0 unspecified atom stereocenters. The lowest BCUT2D eigenvalue weighted by Gasteiger charge is -2.41. The number of hydrogen-bond acceptors (Lipinski definition) is 1. The third-order valence-corrected chi connectivity index (χ3v) is 3.69. The molecular formula is C10H19N. The summed E-state index contributed by atoms with van der Waals surface area (Å²) < 4.78 is 0. The van der Waals surface area contributed by atoms with Crippen LogP contribution in [0.25, 0.3) is 0 Å². The van der Waals surface area contributed by atoms with Gasteiger partial charge < -0.3 is 4.90 Å². The maximum atomic E-state index is 2.49. The smallest absolute Gasteiger partial charge is 0.00165 e. The van der Waals surface area contributed by atoms with Crippen LogP contribution in [0.1, 0.15) is 38.5 Å². The molecule has 64 valence electrons. The molecule has 1 spiro atoms. The number of nitrogens with zero attached hydrogens (tertiary/aromatic N) is 1. The molecule has 0 aromatic rings. The van der Waals surface area contributed by atoms with E-state index in [4.69, 9.17) is 0 Å². The number of hydrogen-bond donors (Lipinski definition) is 0. The van der Waals surface area contributed by atoms with E-state index in [0.717, 1.165) is 5.41 Å². The van der Waals surface area contributed by atoms with Crippen LogP contribution in [0, 0.1) is 5.41 Å². The topological polar surface area (TPSA) is 3.24 Å². The Balaban J connectivity index is 1.92. The Morgan fingerprint density at radius 1 is 0.909 bits per heavy atom. The third kappa shape index (κ3) is 1.44. The monoisotopic (exact) mass is 153 g/mol. The molecule has 0 bridgehead atoms. The summed E-state index contributed by atoms with van der Waals surface area (Å²) >= 11 is 0. The summed E-state index contributed by atoms with van der Waals surface area (Å²) in [5, 5.41) is 0. The van der Waals surface area contributed by atoms with E-state index < -0.39 is 0 Å². The summed E-state index contributed by atoms with van der Waals surface area (Å²) in [4.78, 5) is 2.49. The van der Waals surface area contributed by atoms with E-state index in [2.05, 4.69) is 11.9 Å². The van der Waals surface area contributed by atoms with Gasteiger partial charge >= 0.3 is 0 Å². The lowest BCUT2D eigenvalue weighted by molar-refractivity contribution is 0.110. The molecule has 11 heavy (non-hydrogen) atoms. The van der Waals surface area contributed by atoms with Gasteiger partial charge in [0.25, 0.3) is 0 Å². The van der Waals surface area contributed by atoms with Crippen molar-refractivity contribution < 1.29 is 0 Å². The van der Waals surface area contributed by atoms with Crippen LogP contribution in [0.2, 0.25) is 0 Å². The van der Waals surface area contributed by atoms with E-state index in [1.54, 1.807) is 0 Å². The van der Waals surface area contributed by atoms with Crippen molar-refractivity contribution in [2.24, 2.45) is 5.41 Å². The van der Waals surface area contributed by atoms with Gasteiger partial charge in [0.05, 0.1) is 0 Å². The minimum atomic E-state index is 0.824. The van der Waals surface area contributed by atoms with Crippen LogP contribution in [0.4, 0.5) is 0 Å². The van der Waals surface area contributed by atoms with E-state index >= 15 is 0 Å². The van der Waals surface area contributed by atoms with E-state index in [9.17, 15) is 0 Å². The molecule has 2 aliphatic rings. The fraction of sp³-hybridized carbons (Fsp3) is 1.00. The van der Waals surface area contributed by atoms with Crippen molar-refractivity contribution in [2.75, 3.05) is 20.1 Å². The van der Waals surface area contributed by atoms with Crippen molar-refractivity contribution in [3.05, 3.63) is 0 Å². The second kappa shape index (κ2) is 2.78. The predicted molar refractivity (Wildman–Crippen MR) is 47.6 cm³/mol. The zero-order valence-electron chi connectivity index (χ0n) is 7.60. The van der Waals surface area contributed by atoms with E-state index in [-0.39, 0.29) is 0 Å². The summed E-state index contributed by atoms with van der Waals surface area (Å²) in [6, 6.07) is 0. The molecule has 0 amide bonds. The second-order valence-corrected chi connectivity index (χ2v) is 4.51. The van der Waals surface area contributed by atoms with Gasteiger partial charge in [0.15, 0.2) is 0 Å². The van der Waals surface area contributed by atoms with Gasteiger partial charge in [-0.3, -0.25) is 0 Å². The van der Waals surface area contributed by atoms with Gasteiger partial charge in [-0.15, -0.1) is 0 Å². The van der Waals surface area contributed by atoms with Gasteiger partial charge in [0, 0.05) is 0 Å². The lowest BCUT2D eigenvalue weighted by Crippen LogP contribution is -2.30. The van der Waals surface area contributed by atoms with Crippen LogP contribution in [0.3, 0.4) is 0 Å². The molecule has 0 aromatic carbocycles. The highest BCUT2D eigenvalue weighted by molar-refractivity contribution is 4.89. The van der Waals surface area contributed by atoms with Crippen molar-refractivity contribution >= 4 is 0 Å². The molecule has 2 rings (SSSR count). The molecule has 1 aliphatic carbocycles. The molecular weight excluding hydrogens is 134 g/mol. The molecule has 1 heteroatoms. The van der Waals surface area contributed by atoms with Crippen LogP contribution < -0.4 is 0 Å². The average Bonchev–Trinajstić information content (AvgIpc) is 2.09. The Bertz CT molecular complexity index is 138. The molecule has 0 atom stereocenters. The minimum absolute atomic E-state index is 0.824. The van der Waals surface area contributed by atoms with Gasteiger partial charge in [0.1, 0.15) is 0 Å². The first kappa shape index (κ1) is 7.60. The quantitative estimate of drug-likeness (QED) is 0.516. The highest BCUT2D eigenvalue weighted by Gasteiger charge is 2.37. The van der Waals surface area contributed by atoms with E-state index in [1.165, 1.54) is 51.6 Å². The van der Waals surface area contributed by atoms with Gasteiger partial charge in [-0.05, 0) is 57.7 Å². The van der Waals surface area contributed by atoms with Crippen molar-refractivity contribution in [3.8, 4) is 0 Å². The minimum Gasteiger partial charge on any atom is -0.306 e. The van der Waals surface area contributed by atoms with Gasteiger partial charge in [-0.25, -0.2) is 0 Å². The molecule has 1 aliphatic heterocycles. The van der Waals surface area contributed by atoms with E-state index in [0.29, 0.717) is 0 Å². The highest BCUT2D eigenvalue weighted by Crippen LogP contribution is 2.48. The van der Waals surface area contributed by atoms with Crippen LogP contribution in [-0.4, -0.2) is 25.0 Å². The Hall–Kier alpha value is -0.0400. The molecule has 0 N–H and O–H groups in total. The molecule has 1 nitrogen and oxygen atoms in total. The van der Waals surface area contributed by atoms with Crippen LogP contribution >= 0.6 is 0 Å². The number of rotatable bonds is 0. The van der Waals surface area contributed by atoms with Gasteiger partial charge in [-0.1, -0.05) is 6.42 Å². The van der Waals surface area contributed by atoms with Crippen LogP contribution in [0.5, 0.6) is 0 Å². The van der Waals surface area contributed by atoms with Crippen LogP contribution in [0.15, 0.2) is 0 Å². The molecule has 1 saturated carbocycles. The first-order valence-electron chi connectivity index (χ1n) is 4.99. The summed E-state index contributed by atoms with van der Waals surface area (Å²) in [6.07, 6.45) is 8.99. The maximum absolute atomic E-state index is 2.49. The van der Waals surface area contributed by atoms with Crippen molar-refractivity contribution in [1.29, 1.82) is 0 Å². The average molecular weight is 153 g/mol. The fourth-order valence-electron chi connectivity index (χ4n) is 2.57. The Morgan fingerprint density at radius 2 is 1.64 bits per heavy atom. The number of likely N-dealkylation sites (tertiary alicyclic amines) is 1. The van der Waals surface area contributed by atoms with Crippen molar-refractivity contribution in [2.45, 2.75) is 38.5 Å². The standard InChI is InChI=1S/C10H19N/c1-11-8-3-6-10(7-9-11)4-2-5-10/h2-9H2,1H3. The molecule has 1 saturated heterocycles. The first-order chi connectivity index (χ1) is 5.31. The summed E-state index contributed by atoms with van der Waals surface area (Å²) in [5.74, 6) is 0. The molecule has 1 heterocycles. The van der Waals surface area contributed by atoms with Gasteiger partial charge in [-0.2, -0.15) is 0 Å². The van der Waals surface area contributed by atoms with Crippen LogP contribution in [-0.2, 0) is 0 Å².